The lowest BCUT2D eigenvalue weighted by Gasteiger charge is -2.36. The summed E-state index contributed by atoms with van der Waals surface area (Å²) in [6.07, 6.45) is -0.887. The van der Waals surface area contributed by atoms with E-state index < -0.39 is 6.09 Å². The van der Waals surface area contributed by atoms with Crippen LogP contribution >= 0.6 is 0 Å². The number of rotatable bonds is 3. The van der Waals surface area contributed by atoms with E-state index in [0.29, 0.717) is 31.7 Å². The van der Waals surface area contributed by atoms with E-state index >= 15 is 0 Å². The SMILES string of the molecule is CC(C(=O)c1ccccc1)N1CCN(C(=O)O)CC1. The standard InChI is InChI=1S/C14H18N2O3/c1-11(13(17)12-5-3-2-4-6-12)15-7-9-16(10-8-15)14(18)19/h2-6,11H,7-10H2,1H3,(H,18,19). The largest absolute Gasteiger partial charge is 0.465 e. The predicted molar refractivity (Wildman–Crippen MR) is 71.4 cm³/mol. The summed E-state index contributed by atoms with van der Waals surface area (Å²) < 4.78 is 0. The molecule has 1 atom stereocenters. The third-order valence-electron chi connectivity index (χ3n) is 3.57. The second-order valence-corrected chi connectivity index (χ2v) is 4.71. The Kier molecular flexibility index (Phi) is 4.16. The van der Waals surface area contributed by atoms with Gasteiger partial charge in [-0.05, 0) is 6.92 Å². The molecule has 19 heavy (non-hydrogen) atoms. The molecule has 0 saturated carbocycles. The molecule has 0 aromatic heterocycles. The monoisotopic (exact) mass is 262 g/mol. The fraction of sp³-hybridized carbons (Fsp3) is 0.429. The van der Waals surface area contributed by atoms with Gasteiger partial charge in [-0.2, -0.15) is 0 Å². The van der Waals surface area contributed by atoms with Crippen LogP contribution in [0.5, 0.6) is 0 Å². The molecule has 0 aliphatic carbocycles. The minimum absolute atomic E-state index is 0.0874. The van der Waals surface area contributed by atoms with E-state index in [1.807, 2.05) is 42.2 Å². The summed E-state index contributed by atoms with van der Waals surface area (Å²) in [7, 11) is 0. The lowest BCUT2D eigenvalue weighted by Crippen LogP contribution is -2.52. The maximum Gasteiger partial charge on any atom is 0.407 e. The average molecular weight is 262 g/mol. The second kappa shape index (κ2) is 5.84. The van der Waals surface area contributed by atoms with Crippen molar-refractivity contribution in [2.75, 3.05) is 26.2 Å². The topological polar surface area (TPSA) is 60.9 Å². The van der Waals surface area contributed by atoms with Gasteiger partial charge in [0.15, 0.2) is 5.78 Å². The van der Waals surface area contributed by atoms with Gasteiger partial charge in [0.25, 0.3) is 0 Å². The van der Waals surface area contributed by atoms with Crippen LogP contribution in [0.25, 0.3) is 0 Å². The fourth-order valence-corrected chi connectivity index (χ4v) is 2.31. The molecule has 1 unspecified atom stereocenters. The maximum absolute atomic E-state index is 12.3. The number of nitrogens with zero attached hydrogens (tertiary/aromatic N) is 2. The Morgan fingerprint density at radius 3 is 2.21 bits per heavy atom. The summed E-state index contributed by atoms with van der Waals surface area (Å²) in [5, 5.41) is 8.89. The predicted octanol–water partition coefficient (Wildman–Crippen LogP) is 1.55. The molecule has 2 rings (SSSR count). The third kappa shape index (κ3) is 3.12. The van der Waals surface area contributed by atoms with Crippen LogP contribution in [0.1, 0.15) is 17.3 Å². The van der Waals surface area contributed by atoms with Gasteiger partial charge in [-0.3, -0.25) is 9.69 Å². The number of ketones is 1. The van der Waals surface area contributed by atoms with E-state index in [4.69, 9.17) is 5.11 Å². The fourth-order valence-electron chi connectivity index (χ4n) is 2.31. The van der Waals surface area contributed by atoms with Crippen LogP contribution in [0.3, 0.4) is 0 Å². The van der Waals surface area contributed by atoms with Crippen molar-refractivity contribution in [2.24, 2.45) is 0 Å². The van der Waals surface area contributed by atoms with Crippen molar-refractivity contribution < 1.29 is 14.7 Å². The lowest BCUT2D eigenvalue weighted by atomic mass is 10.0. The van der Waals surface area contributed by atoms with Crippen LogP contribution in [0.15, 0.2) is 30.3 Å². The van der Waals surface area contributed by atoms with E-state index in [1.54, 1.807) is 0 Å². The van der Waals surface area contributed by atoms with Crippen LogP contribution in [0, 0.1) is 0 Å². The smallest absolute Gasteiger partial charge is 0.407 e. The van der Waals surface area contributed by atoms with Crippen LogP contribution in [0.4, 0.5) is 4.79 Å². The Morgan fingerprint density at radius 1 is 1.11 bits per heavy atom. The van der Waals surface area contributed by atoms with Crippen molar-refractivity contribution in [3.05, 3.63) is 35.9 Å². The number of hydrogen-bond acceptors (Lipinski definition) is 3. The van der Waals surface area contributed by atoms with Crippen LogP contribution in [-0.4, -0.2) is 59.0 Å². The van der Waals surface area contributed by atoms with E-state index in [2.05, 4.69) is 0 Å². The Morgan fingerprint density at radius 2 is 1.68 bits per heavy atom. The molecule has 0 radical (unpaired) electrons. The molecule has 1 N–H and O–H groups in total. The number of carboxylic acid groups (broad SMARTS) is 1. The molecule has 1 saturated heterocycles. The number of hydrogen-bond donors (Lipinski definition) is 1. The number of carbonyl (C=O) groups is 2. The molecule has 1 aromatic rings. The van der Waals surface area contributed by atoms with Gasteiger partial charge in [-0.1, -0.05) is 30.3 Å². The van der Waals surface area contributed by atoms with Gasteiger partial charge in [0, 0.05) is 31.7 Å². The molecular formula is C14H18N2O3. The molecule has 5 heteroatoms. The van der Waals surface area contributed by atoms with Gasteiger partial charge in [-0.25, -0.2) is 4.79 Å². The number of Topliss-reactive ketones (excluding diaryl/α,β-unsaturated/α-hetero) is 1. The zero-order valence-corrected chi connectivity index (χ0v) is 11.0. The molecule has 1 heterocycles. The summed E-state index contributed by atoms with van der Waals surface area (Å²) in [6.45, 7) is 4.01. The average Bonchev–Trinajstić information content (AvgIpc) is 2.46. The molecule has 102 valence electrons. The molecule has 0 spiro atoms. The van der Waals surface area contributed by atoms with Gasteiger partial charge in [0.2, 0.25) is 0 Å². The summed E-state index contributed by atoms with van der Waals surface area (Å²) in [6, 6.07) is 8.99. The first-order valence-corrected chi connectivity index (χ1v) is 6.41. The minimum atomic E-state index is -0.887. The number of benzene rings is 1. The first-order chi connectivity index (χ1) is 9.09. The number of piperazine rings is 1. The Bertz CT molecular complexity index is 453. The molecule has 0 bridgehead atoms. The molecule has 1 aliphatic rings. The summed E-state index contributed by atoms with van der Waals surface area (Å²) in [4.78, 5) is 26.5. The number of carbonyl (C=O) groups excluding carboxylic acids is 1. The Labute approximate surface area is 112 Å². The maximum atomic E-state index is 12.3. The Hall–Kier alpha value is -1.88. The molecule has 1 aliphatic heterocycles. The molecular weight excluding hydrogens is 244 g/mol. The highest BCUT2D eigenvalue weighted by Gasteiger charge is 2.27. The Balaban J connectivity index is 1.96. The van der Waals surface area contributed by atoms with Gasteiger partial charge < -0.3 is 10.0 Å². The van der Waals surface area contributed by atoms with Gasteiger partial charge in [0.1, 0.15) is 0 Å². The summed E-state index contributed by atoms with van der Waals surface area (Å²) in [5.74, 6) is 0.0874. The van der Waals surface area contributed by atoms with Crippen molar-refractivity contribution in [1.29, 1.82) is 0 Å². The normalized spacial score (nSPS) is 18.1. The third-order valence-corrected chi connectivity index (χ3v) is 3.57. The first kappa shape index (κ1) is 13.5. The van der Waals surface area contributed by atoms with Gasteiger partial charge in [0.05, 0.1) is 6.04 Å². The number of amides is 1. The van der Waals surface area contributed by atoms with Crippen LogP contribution in [-0.2, 0) is 0 Å². The highest BCUT2D eigenvalue weighted by Crippen LogP contribution is 2.12. The summed E-state index contributed by atoms with van der Waals surface area (Å²) in [5.41, 5.74) is 0.704. The van der Waals surface area contributed by atoms with Crippen molar-refractivity contribution in [1.82, 2.24) is 9.80 Å². The van der Waals surface area contributed by atoms with Crippen LogP contribution in [0.2, 0.25) is 0 Å². The zero-order chi connectivity index (χ0) is 13.8. The molecule has 1 fully saturated rings. The molecule has 1 aromatic carbocycles. The first-order valence-electron chi connectivity index (χ1n) is 6.41. The minimum Gasteiger partial charge on any atom is -0.465 e. The van der Waals surface area contributed by atoms with Gasteiger partial charge in [-0.15, -0.1) is 0 Å². The van der Waals surface area contributed by atoms with Crippen molar-refractivity contribution >= 4 is 11.9 Å². The van der Waals surface area contributed by atoms with E-state index in [0.717, 1.165) is 0 Å². The second-order valence-electron chi connectivity index (χ2n) is 4.71. The van der Waals surface area contributed by atoms with Gasteiger partial charge >= 0.3 is 6.09 Å². The van der Waals surface area contributed by atoms with Crippen LogP contribution < -0.4 is 0 Å². The van der Waals surface area contributed by atoms with Crippen molar-refractivity contribution in [3.63, 3.8) is 0 Å². The quantitative estimate of drug-likeness (QED) is 0.840. The van der Waals surface area contributed by atoms with E-state index in [9.17, 15) is 9.59 Å². The highest BCUT2D eigenvalue weighted by molar-refractivity contribution is 5.99. The van der Waals surface area contributed by atoms with E-state index in [1.165, 1.54) is 4.90 Å². The molecule has 5 nitrogen and oxygen atoms in total. The van der Waals surface area contributed by atoms with Crippen molar-refractivity contribution in [2.45, 2.75) is 13.0 Å². The highest BCUT2D eigenvalue weighted by atomic mass is 16.4. The lowest BCUT2D eigenvalue weighted by molar-refractivity contribution is 0.0689. The van der Waals surface area contributed by atoms with E-state index in [-0.39, 0.29) is 11.8 Å². The molecule has 1 amide bonds. The van der Waals surface area contributed by atoms with Crippen molar-refractivity contribution in [3.8, 4) is 0 Å². The summed E-state index contributed by atoms with van der Waals surface area (Å²) >= 11 is 0. The zero-order valence-electron chi connectivity index (χ0n) is 11.0.